The van der Waals surface area contributed by atoms with Crippen LogP contribution in [-0.4, -0.2) is 37.0 Å². The zero-order chi connectivity index (χ0) is 23.5. The Bertz CT molecular complexity index is 1240. The number of amides is 1. The lowest BCUT2D eigenvalue weighted by molar-refractivity contribution is -0.116. The Kier molecular flexibility index (Phi) is 7.37. The molecular formula is C21H23ClN4O4S2. The summed E-state index contributed by atoms with van der Waals surface area (Å²) in [6.45, 7) is 3.46. The molecule has 1 heterocycles. The number of halogens is 1. The average Bonchev–Trinajstić information content (AvgIpc) is 3.04. The van der Waals surface area contributed by atoms with Crippen molar-refractivity contribution in [2.75, 3.05) is 23.9 Å². The summed E-state index contributed by atoms with van der Waals surface area (Å²) in [5.41, 5.74) is 7.51. The third kappa shape index (κ3) is 5.03. The molecule has 0 atom stereocenters. The van der Waals surface area contributed by atoms with Gasteiger partial charge in [0.05, 0.1) is 17.7 Å². The van der Waals surface area contributed by atoms with Crippen molar-refractivity contribution in [3.63, 3.8) is 0 Å². The van der Waals surface area contributed by atoms with Crippen molar-refractivity contribution in [1.29, 1.82) is 0 Å². The lowest BCUT2D eigenvalue weighted by atomic mass is 10.2. The van der Waals surface area contributed by atoms with Crippen molar-refractivity contribution >= 4 is 50.6 Å². The maximum absolute atomic E-state index is 13.3. The Balaban J connectivity index is 1.94. The van der Waals surface area contributed by atoms with Crippen LogP contribution in [0, 0.1) is 6.92 Å². The number of nitrogens with one attached hydrogen (secondary N) is 1. The second-order valence-electron chi connectivity index (χ2n) is 6.82. The minimum Gasteiger partial charge on any atom is -0.495 e. The molecule has 0 fully saturated rings. The first-order chi connectivity index (χ1) is 15.2. The SMILES string of the molecule is CCSc1nn(CC(=O)Nc2cc(Cl)ccc2OC)c(N)c1S(=O)(=O)c1ccc(C)cc1. The monoisotopic (exact) mass is 494 g/mol. The molecule has 0 aliphatic carbocycles. The van der Waals surface area contributed by atoms with Crippen molar-refractivity contribution in [3.8, 4) is 5.75 Å². The number of hydrogen-bond donors (Lipinski definition) is 2. The number of benzene rings is 2. The first kappa shape index (κ1) is 24.0. The molecular weight excluding hydrogens is 472 g/mol. The van der Waals surface area contributed by atoms with Gasteiger partial charge in [-0.1, -0.05) is 36.2 Å². The fraction of sp³-hybridized carbons (Fsp3) is 0.238. The molecule has 0 saturated heterocycles. The summed E-state index contributed by atoms with van der Waals surface area (Å²) in [6.07, 6.45) is 0. The van der Waals surface area contributed by atoms with E-state index < -0.39 is 15.7 Å². The van der Waals surface area contributed by atoms with Crippen molar-refractivity contribution in [2.24, 2.45) is 0 Å². The van der Waals surface area contributed by atoms with Crippen LogP contribution in [-0.2, 0) is 21.2 Å². The number of anilines is 2. The molecule has 3 rings (SSSR count). The predicted octanol–water partition coefficient (Wildman–Crippen LogP) is 4.02. The Hall–Kier alpha value is -2.69. The summed E-state index contributed by atoms with van der Waals surface area (Å²) in [4.78, 5) is 12.7. The van der Waals surface area contributed by atoms with Crippen molar-refractivity contribution in [2.45, 2.75) is 35.2 Å². The summed E-state index contributed by atoms with van der Waals surface area (Å²) in [5, 5.41) is 7.67. The first-order valence-electron chi connectivity index (χ1n) is 9.61. The molecule has 8 nitrogen and oxygen atoms in total. The molecule has 32 heavy (non-hydrogen) atoms. The number of hydrogen-bond acceptors (Lipinski definition) is 7. The van der Waals surface area contributed by atoms with Crippen molar-refractivity contribution in [1.82, 2.24) is 9.78 Å². The molecule has 1 aromatic heterocycles. The van der Waals surface area contributed by atoms with Gasteiger partial charge in [0.1, 0.15) is 28.0 Å². The van der Waals surface area contributed by atoms with E-state index in [0.29, 0.717) is 22.2 Å². The maximum atomic E-state index is 13.3. The molecule has 0 unspecified atom stereocenters. The molecule has 11 heteroatoms. The van der Waals surface area contributed by atoms with Crippen LogP contribution in [0.25, 0.3) is 0 Å². The number of ether oxygens (including phenoxy) is 1. The number of methoxy groups -OCH3 is 1. The van der Waals surface area contributed by atoms with Crippen LogP contribution in [0.4, 0.5) is 11.5 Å². The molecule has 2 aromatic carbocycles. The molecule has 0 saturated carbocycles. The highest BCUT2D eigenvalue weighted by atomic mass is 35.5. The normalized spacial score (nSPS) is 11.4. The molecule has 1 amide bonds. The fourth-order valence-electron chi connectivity index (χ4n) is 2.98. The van der Waals surface area contributed by atoms with E-state index in [-0.39, 0.29) is 27.2 Å². The second-order valence-corrected chi connectivity index (χ2v) is 10.4. The van der Waals surface area contributed by atoms with Crippen LogP contribution in [0.1, 0.15) is 12.5 Å². The molecule has 0 bridgehead atoms. The van der Waals surface area contributed by atoms with Gasteiger partial charge in [-0.25, -0.2) is 13.1 Å². The number of carbonyl (C=O) groups is 1. The first-order valence-corrected chi connectivity index (χ1v) is 12.5. The smallest absolute Gasteiger partial charge is 0.246 e. The fourth-order valence-corrected chi connectivity index (χ4v) is 5.70. The number of nitrogen functional groups attached to an aromatic ring is 1. The van der Waals surface area contributed by atoms with Crippen LogP contribution in [0.15, 0.2) is 57.3 Å². The molecule has 3 N–H and O–H groups in total. The molecule has 170 valence electrons. The van der Waals surface area contributed by atoms with Crippen molar-refractivity contribution < 1.29 is 17.9 Å². The Morgan fingerprint density at radius 1 is 1.25 bits per heavy atom. The lowest BCUT2D eigenvalue weighted by Gasteiger charge is -2.11. The lowest BCUT2D eigenvalue weighted by Crippen LogP contribution is -2.21. The van der Waals surface area contributed by atoms with Crippen LogP contribution >= 0.6 is 23.4 Å². The summed E-state index contributed by atoms with van der Waals surface area (Å²) in [6, 6.07) is 11.3. The molecule has 0 aliphatic heterocycles. The molecule has 0 spiro atoms. The van der Waals surface area contributed by atoms with Gasteiger partial charge in [0.25, 0.3) is 0 Å². The van der Waals surface area contributed by atoms with Crippen LogP contribution in [0.5, 0.6) is 5.75 Å². The third-order valence-electron chi connectivity index (χ3n) is 4.53. The van der Waals surface area contributed by atoms with Gasteiger partial charge in [-0.3, -0.25) is 4.79 Å². The van der Waals surface area contributed by atoms with E-state index in [4.69, 9.17) is 22.1 Å². The van der Waals surface area contributed by atoms with Gasteiger partial charge in [0, 0.05) is 5.02 Å². The Morgan fingerprint density at radius 2 is 1.94 bits per heavy atom. The number of rotatable bonds is 8. The topological polar surface area (TPSA) is 116 Å². The predicted molar refractivity (Wildman–Crippen MR) is 126 cm³/mol. The zero-order valence-corrected chi connectivity index (χ0v) is 20.1. The Labute approximate surface area is 196 Å². The number of thioether (sulfide) groups is 1. The van der Waals surface area contributed by atoms with E-state index in [1.165, 1.54) is 35.7 Å². The van der Waals surface area contributed by atoms with E-state index in [2.05, 4.69) is 10.4 Å². The number of aromatic nitrogens is 2. The quantitative estimate of drug-likeness (QED) is 0.454. The number of aryl methyl sites for hydroxylation is 1. The second kappa shape index (κ2) is 9.85. The standard InChI is InChI=1S/C21H23ClN4O4S2/c1-4-31-21-19(32(28,29)15-8-5-13(2)6-9-15)20(23)26(25-21)12-18(27)24-16-11-14(22)7-10-17(16)30-3/h5-11H,4,12,23H2,1-3H3,(H,24,27). The highest BCUT2D eigenvalue weighted by Crippen LogP contribution is 2.35. The summed E-state index contributed by atoms with van der Waals surface area (Å²) < 4.78 is 33.0. The molecule has 0 radical (unpaired) electrons. The van der Waals surface area contributed by atoms with Gasteiger partial charge in [-0.05, 0) is 43.0 Å². The third-order valence-corrected chi connectivity index (χ3v) is 7.57. The number of sulfone groups is 1. The van der Waals surface area contributed by atoms with Gasteiger partial charge in [-0.2, -0.15) is 5.10 Å². The summed E-state index contributed by atoms with van der Waals surface area (Å²) in [7, 11) is -2.45. The van der Waals surface area contributed by atoms with Gasteiger partial charge < -0.3 is 15.8 Å². The minimum absolute atomic E-state index is 0.0960. The summed E-state index contributed by atoms with van der Waals surface area (Å²) in [5.74, 6) is 0.446. The van der Waals surface area contributed by atoms with Crippen molar-refractivity contribution in [3.05, 3.63) is 53.1 Å². The van der Waals surface area contributed by atoms with Crippen LogP contribution in [0.2, 0.25) is 5.02 Å². The van der Waals surface area contributed by atoms with E-state index >= 15 is 0 Å². The summed E-state index contributed by atoms with van der Waals surface area (Å²) >= 11 is 7.25. The molecule has 0 aliphatic rings. The average molecular weight is 495 g/mol. The van der Waals surface area contributed by atoms with Gasteiger partial charge in [0.2, 0.25) is 15.7 Å². The molecule has 3 aromatic rings. The van der Waals surface area contributed by atoms with E-state index in [1.807, 2.05) is 13.8 Å². The number of nitrogens with zero attached hydrogens (tertiary/aromatic N) is 2. The van der Waals surface area contributed by atoms with Crippen LogP contribution < -0.4 is 15.8 Å². The van der Waals surface area contributed by atoms with E-state index in [1.54, 1.807) is 30.3 Å². The van der Waals surface area contributed by atoms with E-state index in [0.717, 1.165) is 5.56 Å². The maximum Gasteiger partial charge on any atom is 0.246 e. The largest absolute Gasteiger partial charge is 0.495 e. The highest BCUT2D eigenvalue weighted by molar-refractivity contribution is 8.00. The highest BCUT2D eigenvalue weighted by Gasteiger charge is 2.30. The minimum atomic E-state index is -3.93. The van der Waals surface area contributed by atoms with Gasteiger partial charge >= 0.3 is 0 Å². The van der Waals surface area contributed by atoms with Gasteiger partial charge in [0.15, 0.2) is 0 Å². The van der Waals surface area contributed by atoms with E-state index in [9.17, 15) is 13.2 Å². The van der Waals surface area contributed by atoms with Crippen LogP contribution in [0.3, 0.4) is 0 Å². The number of nitrogens with two attached hydrogens (primary N) is 1. The number of carbonyl (C=O) groups excluding carboxylic acids is 1. The zero-order valence-electron chi connectivity index (χ0n) is 17.8. The van der Waals surface area contributed by atoms with Gasteiger partial charge in [-0.15, -0.1) is 11.8 Å². The Morgan fingerprint density at radius 3 is 2.56 bits per heavy atom.